The summed E-state index contributed by atoms with van der Waals surface area (Å²) in [4.78, 5) is 25.7. The minimum Gasteiger partial charge on any atom is -0.480 e. The Hall–Kier alpha value is -1.26. The van der Waals surface area contributed by atoms with E-state index in [9.17, 15) is 9.59 Å². The molecule has 0 aliphatic heterocycles. The van der Waals surface area contributed by atoms with E-state index in [0.717, 1.165) is 0 Å². The van der Waals surface area contributed by atoms with E-state index in [1.165, 1.54) is 4.90 Å². The molecular weight excluding hydrogens is 208 g/mol. The maximum Gasteiger partial charge on any atom is 0.323 e. The Balaban J connectivity index is 4.59. The van der Waals surface area contributed by atoms with Crippen molar-refractivity contribution in [2.24, 2.45) is 5.92 Å². The van der Waals surface area contributed by atoms with Gasteiger partial charge in [0.25, 0.3) is 0 Å². The topological polar surface area (TPSA) is 60.9 Å². The average molecular weight is 230 g/mol. The van der Waals surface area contributed by atoms with Gasteiger partial charge >= 0.3 is 12.0 Å². The van der Waals surface area contributed by atoms with Gasteiger partial charge in [-0.05, 0) is 19.8 Å². The zero-order chi connectivity index (χ0) is 12.7. The summed E-state index contributed by atoms with van der Waals surface area (Å²) in [5.41, 5.74) is 0. The monoisotopic (exact) mass is 230 g/mol. The van der Waals surface area contributed by atoms with Crippen molar-refractivity contribution in [3.63, 3.8) is 0 Å². The summed E-state index contributed by atoms with van der Waals surface area (Å²) in [6, 6.07) is -0.193. The Bertz CT molecular complexity index is 237. The third-order valence-electron chi connectivity index (χ3n) is 2.22. The van der Waals surface area contributed by atoms with E-state index in [2.05, 4.69) is 0 Å². The van der Waals surface area contributed by atoms with Crippen LogP contribution in [0.5, 0.6) is 0 Å². The molecule has 0 aromatic heterocycles. The smallest absolute Gasteiger partial charge is 0.323 e. The molecule has 2 amide bonds. The first-order chi connectivity index (χ1) is 7.42. The maximum absolute atomic E-state index is 12.0. The number of carbonyl (C=O) groups is 2. The third-order valence-corrected chi connectivity index (χ3v) is 2.22. The summed E-state index contributed by atoms with van der Waals surface area (Å²) in [6.45, 7) is 9.14. The van der Waals surface area contributed by atoms with Crippen molar-refractivity contribution in [3.8, 4) is 0 Å². The lowest BCUT2D eigenvalue weighted by Gasteiger charge is -2.29. The van der Waals surface area contributed by atoms with Gasteiger partial charge in [0.15, 0.2) is 0 Å². The summed E-state index contributed by atoms with van der Waals surface area (Å²) in [5.74, 6) is -0.708. The molecule has 0 aliphatic rings. The van der Waals surface area contributed by atoms with Crippen LogP contribution in [0.15, 0.2) is 0 Å². The summed E-state index contributed by atoms with van der Waals surface area (Å²) in [5, 5.41) is 8.76. The SMILES string of the molecule is CCN(CC)C(=O)N(CC(=O)O)CC(C)C. The van der Waals surface area contributed by atoms with Crippen LogP contribution in [-0.2, 0) is 4.79 Å². The number of carboxylic acids is 1. The molecule has 0 saturated heterocycles. The predicted molar refractivity (Wildman–Crippen MR) is 62.4 cm³/mol. The molecule has 0 atom stereocenters. The summed E-state index contributed by atoms with van der Waals surface area (Å²) < 4.78 is 0. The largest absolute Gasteiger partial charge is 0.480 e. The minimum atomic E-state index is -0.971. The van der Waals surface area contributed by atoms with Crippen molar-refractivity contribution in [3.05, 3.63) is 0 Å². The van der Waals surface area contributed by atoms with Gasteiger partial charge in [-0.2, -0.15) is 0 Å². The summed E-state index contributed by atoms with van der Waals surface area (Å²) in [7, 11) is 0. The van der Waals surface area contributed by atoms with Gasteiger partial charge in [-0.1, -0.05) is 13.8 Å². The maximum atomic E-state index is 12.0. The zero-order valence-corrected chi connectivity index (χ0v) is 10.6. The zero-order valence-electron chi connectivity index (χ0n) is 10.6. The first kappa shape index (κ1) is 14.7. The number of carboxylic acid groups (broad SMARTS) is 1. The molecule has 0 aromatic rings. The van der Waals surface area contributed by atoms with Gasteiger partial charge in [-0.3, -0.25) is 4.79 Å². The van der Waals surface area contributed by atoms with E-state index in [4.69, 9.17) is 5.11 Å². The molecule has 0 radical (unpaired) electrons. The lowest BCUT2D eigenvalue weighted by Crippen LogP contribution is -2.46. The molecule has 0 spiro atoms. The Labute approximate surface area is 97.0 Å². The number of hydrogen-bond acceptors (Lipinski definition) is 2. The van der Waals surface area contributed by atoms with Crippen LogP contribution >= 0.6 is 0 Å². The van der Waals surface area contributed by atoms with Gasteiger partial charge in [0.1, 0.15) is 6.54 Å². The molecule has 0 saturated carbocycles. The second-order valence-electron chi connectivity index (χ2n) is 4.12. The van der Waals surface area contributed by atoms with E-state index in [1.807, 2.05) is 27.7 Å². The molecule has 5 heteroatoms. The molecule has 0 fully saturated rings. The second kappa shape index (κ2) is 7.09. The lowest BCUT2D eigenvalue weighted by atomic mass is 10.2. The van der Waals surface area contributed by atoms with Crippen molar-refractivity contribution in [2.45, 2.75) is 27.7 Å². The Kier molecular flexibility index (Phi) is 6.53. The Morgan fingerprint density at radius 1 is 1.12 bits per heavy atom. The van der Waals surface area contributed by atoms with Crippen LogP contribution in [0, 0.1) is 5.92 Å². The van der Waals surface area contributed by atoms with Crippen LogP contribution in [-0.4, -0.2) is 53.1 Å². The van der Waals surface area contributed by atoms with Gasteiger partial charge < -0.3 is 14.9 Å². The number of nitrogens with zero attached hydrogens (tertiary/aromatic N) is 2. The fraction of sp³-hybridized carbons (Fsp3) is 0.818. The van der Waals surface area contributed by atoms with Gasteiger partial charge in [0.2, 0.25) is 0 Å². The van der Waals surface area contributed by atoms with Gasteiger partial charge in [-0.25, -0.2) is 4.79 Å². The summed E-state index contributed by atoms with van der Waals surface area (Å²) in [6.07, 6.45) is 0. The molecular formula is C11H22N2O3. The van der Waals surface area contributed by atoms with E-state index in [0.29, 0.717) is 19.6 Å². The molecule has 0 bridgehead atoms. The molecule has 0 aromatic carbocycles. The summed E-state index contributed by atoms with van der Waals surface area (Å²) >= 11 is 0. The fourth-order valence-corrected chi connectivity index (χ4v) is 1.51. The number of amides is 2. The number of aliphatic carboxylic acids is 1. The Morgan fingerprint density at radius 2 is 1.62 bits per heavy atom. The molecule has 0 aliphatic carbocycles. The van der Waals surface area contributed by atoms with Crippen LogP contribution < -0.4 is 0 Å². The van der Waals surface area contributed by atoms with Crippen LogP contribution in [0.3, 0.4) is 0 Å². The van der Waals surface area contributed by atoms with Gasteiger partial charge in [0.05, 0.1) is 0 Å². The number of carbonyl (C=O) groups excluding carboxylic acids is 1. The first-order valence-electron chi connectivity index (χ1n) is 5.67. The molecule has 1 N–H and O–H groups in total. The highest BCUT2D eigenvalue weighted by atomic mass is 16.4. The predicted octanol–water partition coefficient (Wildman–Crippen LogP) is 1.49. The number of hydrogen-bond donors (Lipinski definition) is 1. The van der Waals surface area contributed by atoms with Gasteiger partial charge in [-0.15, -0.1) is 0 Å². The second-order valence-corrected chi connectivity index (χ2v) is 4.12. The van der Waals surface area contributed by atoms with Crippen LogP contribution in [0.2, 0.25) is 0 Å². The quantitative estimate of drug-likeness (QED) is 0.752. The van der Waals surface area contributed by atoms with Crippen LogP contribution in [0.1, 0.15) is 27.7 Å². The first-order valence-corrected chi connectivity index (χ1v) is 5.67. The van der Waals surface area contributed by atoms with E-state index >= 15 is 0 Å². The molecule has 0 rings (SSSR count). The molecule has 0 unspecified atom stereocenters. The highest BCUT2D eigenvalue weighted by Crippen LogP contribution is 2.04. The van der Waals surface area contributed by atoms with Gasteiger partial charge in [0, 0.05) is 19.6 Å². The number of urea groups is 1. The molecule has 94 valence electrons. The van der Waals surface area contributed by atoms with Crippen molar-refractivity contribution >= 4 is 12.0 Å². The van der Waals surface area contributed by atoms with E-state index in [-0.39, 0.29) is 18.5 Å². The van der Waals surface area contributed by atoms with Crippen molar-refractivity contribution in [1.29, 1.82) is 0 Å². The van der Waals surface area contributed by atoms with E-state index in [1.54, 1.807) is 4.90 Å². The Morgan fingerprint density at radius 3 is 1.94 bits per heavy atom. The lowest BCUT2D eigenvalue weighted by molar-refractivity contribution is -0.137. The average Bonchev–Trinajstić information content (AvgIpc) is 2.17. The highest BCUT2D eigenvalue weighted by molar-refractivity contribution is 5.80. The molecule has 16 heavy (non-hydrogen) atoms. The van der Waals surface area contributed by atoms with Crippen LogP contribution in [0.25, 0.3) is 0 Å². The standard InChI is InChI=1S/C11H22N2O3/c1-5-12(6-2)11(16)13(7-9(3)4)8-10(14)15/h9H,5-8H2,1-4H3,(H,14,15). The van der Waals surface area contributed by atoms with Crippen molar-refractivity contribution in [1.82, 2.24) is 9.80 Å². The normalized spacial score (nSPS) is 10.3. The van der Waals surface area contributed by atoms with Crippen LogP contribution in [0.4, 0.5) is 4.79 Å². The fourth-order valence-electron chi connectivity index (χ4n) is 1.51. The van der Waals surface area contributed by atoms with E-state index < -0.39 is 5.97 Å². The highest BCUT2D eigenvalue weighted by Gasteiger charge is 2.21. The third kappa shape index (κ3) is 5.00. The number of rotatable bonds is 6. The van der Waals surface area contributed by atoms with Crippen molar-refractivity contribution in [2.75, 3.05) is 26.2 Å². The minimum absolute atomic E-state index is 0.193. The molecule has 0 heterocycles. The molecule has 5 nitrogen and oxygen atoms in total. The van der Waals surface area contributed by atoms with Crippen molar-refractivity contribution < 1.29 is 14.7 Å².